The molecule has 2 aromatic rings. The van der Waals surface area contributed by atoms with Crippen LogP contribution in [0.3, 0.4) is 0 Å². The Balaban J connectivity index is 2.58. The molecule has 2 aromatic heterocycles. The van der Waals surface area contributed by atoms with E-state index in [0.29, 0.717) is 16.1 Å². The van der Waals surface area contributed by atoms with Gasteiger partial charge in [-0.2, -0.15) is 0 Å². The molecule has 0 saturated heterocycles. The average molecular weight is 283 g/mol. The van der Waals surface area contributed by atoms with Crippen LogP contribution >= 0.6 is 15.9 Å². The third kappa shape index (κ3) is 1.74. The lowest BCUT2D eigenvalue weighted by Gasteiger charge is -2.06. The molecular weight excluding hydrogens is 276 g/mol. The van der Waals surface area contributed by atoms with E-state index in [1.807, 2.05) is 0 Å². The maximum atomic E-state index is 8.61. The topological polar surface area (TPSA) is 102 Å². The molecule has 3 N–H and O–H groups in total. The predicted molar refractivity (Wildman–Crippen MR) is 59.4 cm³/mol. The minimum Gasteiger partial charge on any atom is -0.409 e. The number of rotatable bonds is 2. The zero-order valence-corrected chi connectivity index (χ0v) is 9.53. The van der Waals surface area contributed by atoms with Gasteiger partial charge in [-0.25, -0.2) is 15.0 Å². The van der Waals surface area contributed by atoms with Gasteiger partial charge in [-0.1, -0.05) is 5.16 Å². The van der Waals surface area contributed by atoms with E-state index in [2.05, 4.69) is 36.0 Å². The Kier molecular flexibility index (Phi) is 2.82. The predicted octanol–water partition coefficient (Wildman–Crippen LogP) is 0.519. The third-order valence-corrected chi connectivity index (χ3v) is 2.41. The second-order valence-corrected chi connectivity index (χ2v) is 3.65. The maximum absolute atomic E-state index is 8.61. The first kappa shape index (κ1) is 10.6. The van der Waals surface area contributed by atoms with Crippen LogP contribution in [0.4, 0.5) is 0 Å². The molecule has 82 valence electrons. The summed E-state index contributed by atoms with van der Waals surface area (Å²) in [5.41, 5.74) is 5.48. The number of hydrogen-bond donors (Lipinski definition) is 2. The number of amidine groups is 1. The van der Waals surface area contributed by atoms with Crippen molar-refractivity contribution in [2.45, 2.75) is 0 Å². The summed E-state index contributed by atoms with van der Waals surface area (Å²) >= 11 is 3.31. The number of nitrogens with zero attached hydrogens (tertiary/aromatic N) is 5. The molecule has 0 radical (unpaired) electrons. The van der Waals surface area contributed by atoms with Crippen LogP contribution in [0.2, 0.25) is 0 Å². The number of nitrogens with two attached hydrogens (primary N) is 1. The van der Waals surface area contributed by atoms with Crippen LogP contribution < -0.4 is 5.73 Å². The summed E-state index contributed by atoms with van der Waals surface area (Å²) in [7, 11) is 0. The van der Waals surface area contributed by atoms with Crippen molar-refractivity contribution in [3.05, 3.63) is 35.2 Å². The minimum absolute atomic E-state index is 0.0875. The van der Waals surface area contributed by atoms with E-state index in [1.54, 1.807) is 17.0 Å². The summed E-state index contributed by atoms with van der Waals surface area (Å²) in [4.78, 5) is 11.9. The standard InChI is InChI=1S/C8H7BrN6O/c9-5-3-11-4-13-7(5)15-2-1-12-8(15)6(10)14-16/h1-4,16H,(H2,10,14). The Bertz CT molecular complexity index is 537. The molecule has 0 aromatic carbocycles. The van der Waals surface area contributed by atoms with Crippen molar-refractivity contribution in [3.63, 3.8) is 0 Å². The normalized spacial score (nSPS) is 11.7. The van der Waals surface area contributed by atoms with Crippen LogP contribution in [-0.2, 0) is 0 Å². The van der Waals surface area contributed by atoms with E-state index >= 15 is 0 Å². The van der Waals surface area contributed by atoms with Crippen LogP contribution in [0.1, 0.15) is 5.82 Å². The fourth-order valence-electron chi connectivity index (χ4n) is 1.19. The smallest absolute Gasteiger partial charge is 0.206 e. The number of hydrogen-bond acceptors (Lipinski definition) is 5. The molecule has 8 heteroatoms. The van der Waals surface area contributed by atoms with E-state index in [-0.39, 0.29) is 5.84 Å². The van der Waals surface area contributed by atoms with E-state index in [9.17, 15) is 0 Å². The van der Waals surface area contributed by atoms with Gasteiger partial charge in [0.1, 0.15) is 6.33 Å². The van der Waals surface area contributed by atoms with Crippen molar-refractivity contribution in [3.8, 4) is 5.82 Å². The van der Waals surface area contributed by atoms with E-state index in [0.717, 1.165) is 0 Å². The number of oxime groups is 1. The molecule has 7 nitrogen and oxygen atoms in total. The lowest BCUT2D eigenvalue weighted by atomic mass is 10.5. The molecule has 0 aliphatic rings. The maximum Gasteiger partial charge on any atom is 0.206 e. The van der Waals surface area contributed by atoms with Gasteiger partial charge < -0.3 is 10.9 Å². The zero-order chi connectivity index (χ0) is 11.5. The molecule has 16 heavy (non-hydrogen) atoms. The van der Waals surface area contributed by atoms with Gasteiger partial charge in [0.15, 0.2) is 11.6 Å². The molecule has 0 unspecified atom stereocenters. The lowest BCUT2D eigenvalue weighted by Crippen LogP contribution is -2.19. The Morgan fingerprint density at radius 3 is 3.00 bits per heavy atom. The summed E-state index contributed by atoms with van der Waals surface area (Å²) in [5, 5.41) is 11.5. The highest BCUT2D eigenvalue weighted by molar-refractivity contribution is 9.10. The van der Waals surface area contributed by atoms with Gasteiger partial charge in [0, 0.05) is 18.6 Å². The fourth-order valence-corrected chi connectivity index (χ4v) is 1.60. The second kappa shape index (κ2) is 4.27. The molecule has 0 bridgehead atoms. The van der Waals surface area contributed by atoms with Crippen molar-refractivity contribution in [2.75, 3.05) is 0 Å². The van der Waals surface area contributed by atoms with Gasteiger partial charge in [0.2, 0.25) is 5.84 Å². The highest BCUT2D eigenvalue weighted by atomic mass is 79.9. The van der Waals surface area contributed by atoms with Crippen molar-refractivity contribution in [1.29, 1.82) is 0 Å². The van der Waals surface area contributed by atoms with Gasteiger partial charge in [0.05, 0.1) is 4.47 Å². The Hall–Kier alpha value is -1.96. The largest absolute Gasteiger partial charge is 0.409 e. The molecular formula is C8H7BrN6O. The zero-order valence-electron chi connectivity index (χ0n) is 7.95. The van der Waals surface area contributed by atoms with Crippen LogP contribution in [0, 0.1) is 0 Å². The summed E-state index contributed by atoms with van der Waals surface area (Å²) in [6.07, 6.45) is 6.18. The first-order chi connectivity index (χ1) is 7.74. The molecule has 2 rings (SSSR count). The van der Waals surface area contributed by atoms with E-state index in [4.69, 9.17) is 10.9 Å². The Morgan fingerprint density at radius 2 is 2.31 bits per heavy atom. The Labute approximate surface area is 98.8 Å². The van der Waals surface area contributed by atoms with E-state index < -0.39 is 0 Å². The summed E-state index contributed by atoms with van der Waals surface area (Å²) < 4.78 is 2.26. The summed E-state index contributed by atoms with van der Waals surface area (Å²) in [5.74, 6) is 0.784. The summed E-state index contributed by atoms with van der Waals surface area (Å²) in [6, 6.07) is 0. The SMILES string of the molecule is NC(=NO)c1nccn1-c1ncncc1Br. The van der Waals surface area contributed by atoms with Gasteiger partial charge in [-0.05, 0) is 15.9 Å². The minimum atomic E-state index is -0.0875. The van der Waals surface area contributed by atoms with Crippen LogP contribution in [0.15, 0.2) is 34.5 Å². The van der Waals surface area contributed by atoms with Crippen LogP contribution in [0.5, 0.6) is 0 Å². The van der Waals surface area contributed by atoms with Crippen LogP contribution in [-0.4, -0.2) is 30.6 Å². The van der Waals surface area contributed by atoms with Gasteiger partial charge in [0.25, 0.3) is 0 Å². The van der Waals surface area contributed by atoms with Crippen molar-refractivity contribution < 1.29 is 5.21 Å². The first-order valence-electron chi connectivity index (χ1n) is 4.21. The first-order valence-corrected chi connectivity index (χ1v) is 5.00. The second-order valence-electron chi connectivity index (χ2n) is 2.80. The van der Waals surface area contributed by atoms with E-state index in [1.165, 1.54) is 12.5 Å². The molecule has 0 fully saturated rings. The van der Waals surface area contributed by atoms with Crippen LogP contribution in [0.25, 0.3) is 5.82 Å². The van der Waals surface area contributed by atoms with Gasteiger partial charge >= 0.3 is 0 Å². The average Bonchev–Trinajstić information content (AvgIpc) is 2.77. The number of aromatic nitrogens is 4. The highest BCUT2D eigenvalue weighted by Crippen LogP contribution is 2.17. The van der Waals surface area contributed by atoms with Crippen molar-refractivity contribution in [2.24, 2.45) is 10.9 Å². The molecule has 0 aliphatic carbocycles. The summed E-state index contributed by atoms with van der Waals surface area (Å²) in [6.45, 7) is 0. The molecule has 0 saturated carbocycles. The molecule has 2 heterocycles. The fraction of sp³-hybridized carbons (Fsp3) is 0. The van der Waals surface area contributed by atoms with Gasteiger partial charge in [-0.3, -0.25) is 4.57 Å². The molecule has 0 aliphatic heterocycles. The third-order valence-electron chi connectivity index (χ3n) is 1.85. The van der Waals surface area contributed by atoms with Crippen molar-refractivity contribution >= 4 is 21.8 Å². The molecule has 0 amide bonds. The van der Waals surface area contributed by atoms with Crippen molar-refractivity contribution in [1.82, 2.24) is 19.5 Å². The molecule has 0 spiro atoms. The number of halogens is 1. The monoisotopic (exact) mass is 282 g/mol. The Morgan fingerprint density at radius 1 is 1.50 bits per heavy atom. The molecule has 0 atom stereocenters. The lowest BCUT2D eigenvalue weighted by molar-refractivity contribution is 0.318. The quantitative estimate of drug-likeness (QED) is 0.362. The number of imidazole rings is 1. The highest BCUT2D eigenvalue weighted by Gasteiger charge is 2.12. The van der Waals surface area contributed by atoms with Gasteiger partial charge in [-0.15, -0.1) is 0 Å².